The van der Waals surface area contributed by atoms with Gasteiger partial charge in [0, 0.05) is 23.7 Å². The molecule has 0 amide bonds. The normalized spacial score (nSPS) is 14.8. The number of ether oxygens (including phenoxy) is 1. The van der Waals surface area contributed by atoms with Gasteiger partial charge in [-0.05, 0) is 75.7 Å². The van der Waals surface area contributed by atoms with Crippen LogP contribution in [0.2, 0.25) is 0 Å². The van der Waals surface area contributed by atoms with Crippen molar-refractivity contribution in [3.63, 3.8) is 0 Å². The van der Waals surface area contributed by atoms with Crippen LogP contribution in [-0.2, 0) is 0 Å². The molecule has 148 valence electrons. The molecule has 29 heavy (non-hydrogen) atoms. The first-order valence-corrected chi connectivity index (χ1v) is 10.2. The lowest BCUT2D eigenvalue weighted by Crippen LogP contribution is -2.21. The first-order chi connectivity index (χ1) is 14.3. The molecule has 0 atom stereocenters. The monoisotopic (exact) mass is 388 g/mol. The summed E-state index contributed by atoms with van der Waals surface area (Å²) < 4.78 is 7.69. The summed E-state index contributed by atoms with van der Waals surface area (Å²) in [4.78, 5) is 7.03. The number of aromatic nitrogens is 5. The molecule has 1 fully saturated rings. The van der Waals surface area contributed by atoms with Gasteiger partial charge in [0.05, 0.1) is 6.61 Å². The quantitative estimate of drug-likeness (QED) is 0.471. The van der Waals surface area contributed by atoms with Gasteiger partial charge in [-0.15, -0.1) is 10.2 Å². The summed E-state index contributed by atoms with van der Waals surface area (Å²) in [6.45, 7) is 6.23. The third kappa shape index (κ3) is 3.53. The van der Waals surface area contributed by atoms with Gasteiger partial charge in [-0.25, -0.2) is 0 Å². The molecular formula is C22H24N6O. The second kappa shape index (κ2) is 7.75. The fraction of sp³-hybridized carbons (Fsp3) is 0.364. The molecule has 4 heterocycles. The second-order valence-electron chi connectivity index (χ2n) is 7.51. The van der Waals surface area contributed by atoms with Crippen molar-refractivity contribution >= 4 is 16.6 Å². The molecule has 0 unspecified atom stereocenters. The molecule has 0 radical (unpaired) electrons. The fourth-order valence-corrected chi connectivity index (χ4v) is 3.96. The van der Waals surface area contributed by atoms with E-state index in [0.29, 0.717) is 5.65 Å². The van der Waals surface area contributed by atoms with E-state index in [1.54, 1.807) is 10.7 Å². The lowest BCUT2D eigenvalue weighted by molar-refractivity contribution is 0.263. The average Bonchev–Trinajstić information content (AvgIpc) is 3.41. The molecule has 4 aromatic rings. The lowest BCUT2D eigenvalue weighted by Gasteiger charge is -2.14. The van der Waals surface area contributed by atoms with Crippen molar-refractivity contribution in [1.82, 2.24) is 29.7 Å². The van der Waals surface area contributed by atoms with Crippen LogP contribution in [0.15, 0.2) is 42.6 Å². The molecule has 7 nitrogen and oxygen atoms in total. The Morgan fingerprint density at radius 1 is 1.03 bits per heavy atom. The minimum absolute atomic E-state index is 0.680. The Morgan fingerprint density at radius 2 is 1.86 bits per heavy atom. The van der Waals surface area contributed by atoms with Gasteiger partial charge in [0.15, 0.2) is 5.82 Å². The number of hydrogen-bond donors (Lipinski definition) is 0. The topological polar surface area (TPSA) is 68.4 Å². The highest BCUT2D eigenvalue weighted by Gasteiger charge is 2.15. The minimum atomic E-state index is 0.680. The third-order valence-corrected chi connectivity index (χ3v) is 5.49. The highest BCUT2D eigenvalue weighted by Crippen LogP contribution is 2.29. The Bertz CT molecular complexity index is 1130. The minimum Gasteiger partial charge on any atom is -0.494 e. The van der Waals surface area contributed by atoms with E-state index in [0.717, 1.165) is 53.3 Å². The predicted molar refractivity (Wildman–Crippen MR) is 112 cm³/mol. The highest BCUT2D eigenvalue weighted by atomic mass is 16.5. The largest absolute Gasteiger partial charge is 0.494 e. The summed E-state index contributed by atoms with van der Waals surface area (Å²) in [5.74, 6) is 1.63. The van der Waals surface area contributed by atoms with Crippen LogP contribution in [0.5, 0.6) is 5.75 Å². The SMILES string of the molecule is Cc1nnc2c3ncccc3c(-c3ccc(OCCCN4CCCC4)cc3)nn12. The van der Waals surface area contributed by atoms with Gasteiger partial charge < -0.3 is 9.64 Å². The van der Waals surface area contributed by atoms with E-state index in [9.17, 15) is 0 Å². The van der Waals surface area contributed by atoms with Crippen LogP contribution in [0.1, 0.15) is 25.1 Å². The number of hydrogen-bond acceptors (Lipinski definition) is 6. The summed E-state index contributed by atoms with van der Waals surface area (Å²) in [5.41, 5.74) is 3.37. The van der Waals surface area contributed by atoms with Crippen molar-refractivity contribution in [2.45, 2.75) is 26.2 Å². The van der Waals surface area contributed by atoms with Gasteiger partial charge in [0.2, 0.25) is 5.65 Å². The number of aryl methyl sites for hydroxylation is 1. The van der Waals surface area contributed by atoms with E-state index >= 15 is 0 Å². The number of rotatable bonds is 6. The van der Waals surface area contributed by atoms with Crippen LogP contribution in [0.25, 0.3) is 27.8 Å². The van der Waals surface area contributed by atoms with E-state index < -0.39 is 0 Å². The Labute approximate surface area is 169 Å². The molecule has 3 aromatic heterocycles. The Kier molecular flexibility index (Phi) is 4.81. The highest BCUT2D eigenvalue weighted by molar-refractivity contribution is 5.98. The van der Waals surface area contributed by atoms with Gasteiger partial charge in [-0.2, -0.15) is 9.61 Å². The number of nitrogens with zero attached hydrogens (tertiary/aromatic N) is 6. The van der Waals surface area contributed by atoms with Crippen molar-refractivity contribution in [2.24, 2.45) is 0 Å². The lowest BCUT2D eigenvalue weighted by atomic mass is 10.1. The van der Waals surface area contributed by atoms with Gasteiger partial charge in [0.1, 0.15) is 17.0 Å². The first kappa shape index (κ1) is 18.0. The molecule has 0 spiro atoms. The van der Waals surface area contributed by atoms with Gasteiger partial charge in [-0.1, -0.05) is 0 Å². The smallest absolute Gasteiger partial charge is 0.204 e. The van der Waals surface area contributed by atoms with Crippen molar-refractivity contribution in [2.75, 3.05) is 26.2 Å². The van der Waals surface area contributed by atoms with Crippen molar-refractivity contribution < 1.29 is 4.74 Å². The number of fused-ring (bicyclic) bond motifs is 3. The number of benzene rings is 1. The summed E-state index contributed by atoms with van der Waals surface area (Å²) >= 11 is 0. The summed E-state index contributed by atoms with van der Waals surface area (Å²) in [6, 6.07) is 12.1. The molecule has 0 aliphatic carbocycles. The Hall–Kier alpha value is -3.06. The number of likely N-dealkylation sites (tertiary alicyclic amines) is 1. The maximum absolute atomic E-state index is 5.94. The van der Waals surface area contributed by atoms with E-state index in [4.69, 9.17) is 9.84 Å². The Balaban J connectivity index is 1.36. The maximum atomic E-state index is 5.94. The van der Waals surface area contributed by atoms with Crippen LogP contribution < -0.4 is 4.74 Å². The summed E-state index contributed by atoms with van der Waals surface area (Å²) in [7, 11) is 0. The van der Waals surface area contributed by atoms with E-state index in [2.05, 4.69) is 32.2 Å². The molecule has 0 bridgehead atoms. The van der Waals surface area contributed by atoms with Gasteiger partial charge in [0.25, 0.3) is 0 Å². The second-order valence-corrected chi connectivity index (χ2v) is 7.51. The zero-order chi connectivity index (χ0) is 19.6. The van der Waals surface area contributed by atoms with Crippen LogP contribution >= 0.6 is 0 Å². The molecule has 1 aliphatic rings. The van der Waals surface area contributed by atoms with Crippen molar-refractivity contribution in [3.8, 4) is 17.0 Å². The molecule has 5 rings (SSSR count). The average molecular weight is 388 g/mol. The van der Waals surface area contributed by atoms with Gasteiger partial charge in [-0.3, -0.25) is 4.98 Å². The Morgan fingerprint density at radius 3 is 2.69 bits per heavy atom. The molecule has 1 aromatic carbocycles. The fourth-order valence-electron chi connectivity index (χ4n) is 3.96. The zero-order valence-corrected chi connectivity index (χ0v) is 16.6. The predicted octanol–water partition coefficient (Wildman–Crippen LogP) is 3.51. The van der Waals surface area contributed by atoms with E-state index in [1.165, 1.54) is 25.9 Å². The van der Waals surface area contributed by atoms with Crippen LogP contribution in [0.4, 0.5) is 0 Å². The summed E-state index contributed by atoms with van der Waals surface area (Å²) in [5, 5.41) is 14.1. The van der Waals surface area contributed by atoms with Crippen LogP contribution in [-0.4, -0.2) is 55.9 Å². The molecule has 1 aliphatic heterocycles. The summed E-state index contributed by atoms with van der Waals surface area (Å²) in [6.07, 6.45) is 5.50. The standard InChI is InChI=1S/C22H24N6O/c1-16-24-25-22-21-19(6-4-11-23-21)20(26-28(16)22)17-7-9-18(10-8-17)29-15-5-14-27-12-2-3-13-27/h4,6-11H,2-3,5,12-15H2,1H3. The van der Waals surface area contributed by atoms with E-state index in [-0.39, 0.29) is 0 Å². The van der Waals surface area contributed by atoms with Crippen LogP contribution in [0.3, 0.4) is 0 Å². The maximum Gasteiger partial charge on any atom is 0.204 e. The molecule has 1 saturated heterocycles. The van der Waals surface area contributed by atoms with E-state index in [1.807, 2.05) is 31.2 Å². The molecular weight excluding hydrogens is 364 g/mol. The van der Waals surface area contributed by atoms with Crippen molar-refractivity contribution in [1.29, 1.82) is 0 Å². The molecule has 7 heteroatoms. The zero-order valence-electron chi connectivity index (χ0n) is 16.6. The first-order valence-electron chi connectivity index (χ1n) is 10.2. The van der Waals surface area contributed by atoms with Crippen molar-refractivity contribution in [3.05, 3.63) is 48.4 Å². The van der Waals surface area contributed by atoms with Gasteiger partial charge >= 0.3 is 0 Å². The number of pyridine rings is 1. The van der Waals surface area contributed by atoms with Crippen LogP contribution in [0, 0.1) is 6.92 Å². The molecule has 0 N–H and O–H groups in total. The third-order valence-electron chi connectivity index (χ3n) is 5.49. The molecule has 0 saturated carbocycles.